The number of aromatic nitrogens is 4. The highest BCUT2D eigenvalue weighted by Gasteiger charge is 2.32. The minimum atomic E-state index is -4.47. The zero-order valence-corrected chi connectivity index (χ0v) is 9.27. The number of rotatable bonds is 0. The Hall–Kier alpha value is -2.45. The van der Waals surface area contributed by atoms with Crippen LogP contribution in [0.1, 0.15) is 5.56 Å². The van der Waals surface area contributed by atoms with Crippen molar-refractivity contribution >= 4 is 11.6 Å². The minimum absolute atomic E-state index is 0.0494. The van der Waals surface area contributed by atoms with E-state index in [1.54, 1.807) is 0 Å². The van der Waals surface area contributed by atoms with E-state index in [0.717, 1.165) is 12.1 Å². The van der Waals surface area contributed by atoms with Crippen LogP contribution in [0.5, 0.6) is 0 Å². The molecule has 2 aromatic rings. The molecule has 98 valence electrons. The quantitative estimate of drug-likeness (QED) is 0.782. The second-order valence-electron chi connectivity index (χ2n) is 3.97. The molecule has 0 radical (unpaired) electrons. The molecule has 19 heavy (non-hydrogen) atoms. The van der Waals surface area contributed by atoms with Gasteiger partial charge in [0, 0.05) is 5.56 Å². The Morgan fingerprint density at radius 2 is 2.11 bits per heavy atom. The Bertz CT molecular complexity index is 663. The highest BCUT2D eigenvalue weighted by atomic mass is 19.4. The van der Waals surface area contributed by atoms with Crippen molar-refractivity contribution in [1.29, 1.82) is 0 Å². The zero-order valence-electron chi connectivity index (χ0n) is 9.27. The first kappa shape index (κ1) is 11.6. The summed E-state index contributed by atoms with van der Waals surface area (Å²) < 4.78 is 39.1. The van der Waals surface area contributed by atoms with Crippen molar-refractivity contribution in [2.45, 2.75) is 12.7 Å². The lowest BCUT2D eigenvalue weighted by Gasteiger charge is -2.10. The van der Waals surface area contributed by atoms with Gasteiger partial charge in [0.15, 0.2) is 5.82 Å². The van der Waals surface area contributed by atoms with Crippen LogP contribution in [0.3, 0.4) is 0 Å². The molecule has 1 aliphatic heterocycles. The van der Waals surface area contributed by atoms with Gasteiger partial charge < -0.3 is 5.32 Å². The van der Waals surface area contributed by atoms with Gasteiger partial charge in [-0.2, -0.15) is 13.2 Å². The number of alkyl halides is 3. The van der Waals surface area contributed by atoms with Gasteiger partial charge >= 0.3 is 6.18 Å². The van der Waals surface area contributed by atoms with Crippen LogP contribution in [-0.4, -0.2) is 26.1 Å². The predicted molar refractivity (Wildman–Crippen MR) is 56.9 cm³/mol. The van der Waals surface area contributed by atoms with Crippen LogP contribution in [0.15, 0.2) is 18.2 Å². The number of anilines is 1. The topological polar surface area (TPSA) is 72.7 Å². The molecule has 0 fully saturated rings. The molecular formula is C10H6F3N5O. The summed E-state index contributed by atoms with van der Waals surface area (Å²) >= 11 is 0. The molecule has 0 saturated carbocycles. The molecule has 3 rings (SSSR count). The molecule has 0 atom stereocenters. The third-order valence-electron chi connectivity index (χ3n) is 2.69. The van der Waals surface area contributed by atoms with Crippen LogP contribution in [0, 0.1) is 0 Å². The van der Waals surface area contributed by atoms with Gasteiger partial charge in [0.1, 0.15) is 6.54 Å². The van der Waals surface area contributed by atoms with E-state index >= 15 is 0 Å². The van der Waals surface area contributed by atoms with Crippen molar-refractivity contribution in [2.24, 2.45) is 0 Å². The summed E-state index contributed by atoms with van der Waals surface area (Å²) in [5.74, 6) is -0.228. The molecule has 6 nitrogen and oxygen atoms in total. The fourth-order valence-electron chi connectivity index (χ4n) is 1.85. The van der Waals surface area contributed by atoms with Crippen molar-refractivity contribution in [3.8, 4) is 11.4 Å². The van der Waals surface area contributed by atoms with E-state index in [9.17, 15) is 18.0 Å². The Morgan fingerprint density at radius 3 is 2.84 bits per heavy atom. The average Bonchev–Trinajstić information content (AvgIpc) is 2.70. The first-order valence-electron chi connectivity index (χ1n) is 5.23. The van der Waals surface area contributed by atoms with Crippen molar-refractivity contribution in [2.75, 3.05) is 5.32 Å². The Labute approximate surface area is 104 Å². The Kier molecular flexibility index (Phi) is 2.31. The maximum atomic E-state index is 12.6. The highest BCUT2D eigenvalue weighted by Crippen LogP contribution is 2.35. The van der Waals surface area contributed by atoms with Crippen LogP contribution >= 0.6 is 0 Å². The van der Waals surface area contributed by atoms with E-state index < -0.39 is 17.6 Å². The first-order chi connectivity index (χ1) is 8.95. The van der Waals surface area contributed by atoms with E-state index in [2.05, 4.69) is 20.8 Å². The maximum absolute atomic E-state index is 12.6. The molecule has 0 aliphatic carbocycles. The zero-order chi connectivity index (χ0) is 13.6. The summed E-state index contributed by atoms with van der Waals surface area (Å²) in [5, 5.41) is 13.1. The number of carbonyl (C=O) groups excluding carboxylic acids is 1. The first-order valence-corrected chi connectivity index (χ1v) is 5.23. The van der Waals surface area contributed by atoms with Crippen LogP contribution in [0.2, 0.25) is 0 Å². The molecule has 1 amide bonds. The Morgan fingerprint density at radius 1 is 1.32 bits per heavy atom. The summed E-state index contributed by atoms with van der Waals surface area (Å²) in [5.41, 5.74) is -0.440. The third kappa shape index (κ3) is 1.92. The number of hydrogen-bond acceptors (Lipinski definition) is 4. The molecule has 0 bridgehead atoms. The fourth-order valence-corrected chi connectivity index (χ4v) is 1.85. The molecule has 1 N–H and O–H groups in total. The maximum Gasteiger partial charge on any atom is 0.416 e. The van der Waals surface area contributed by atoms with E-state index in [1.165, 1.54) is 10.7 Å². The van der Waals surface area contributed by atoms with Crippen LogP contribution < -0.4 is 5.32 Å². The Balaban J connectivity index is 2.19. The van der Waals surface area contributed by atoms with Crippen molar-refractivity contribution in [3.63, 3.8) is 0 Å². The average molecular weight is 269 g/mol. The van der Waals surface area contributed by atoms with Crippen molar-refractivity contribution in [1.82, 2.24) is 20.2 Å². The summed E-state index contributed by atoms with van der Waals surface area (Å²) in [6, 6.07) is 3.04. The largest absolute Gasteiger partial charge is 0.416 e. The van der Waals surface area contributed by atoms with Gasteiger partial charge in [-0.05, 0) is 28.6 Å². The number of fused-ring (bicyclic) bond motifs is 3. The second kappa shape index (κ2) is 3.77. The monoisotopic (exact) mass is 269 g/mol. The SMILES string of the molecule is O=C1Cn2nnnc2-c2ccc(C(F)(F)F)cc2N1. The molecule has 0 unspecified atom stereocenters. The predicted octanol–water partition coefficient (Wildman–Crippen LogP) is 1.31. The van der Waals surface area contributed by atoms with Gasteiger partial charge in [-0.25, -0.2) is 4.68 Å². The van der Waals surface area contributed by atoms with Gasteiger partial charge in [-0.15, -0.1) is 5.10 Å². The van der Waals surface area contributed by atoms with E-state index in [4.69, 9.17) is 0 Å². The lowest BCUT2D eigenvalue weighted by molar-refractivity contribution is -0.137. The highest BCUT2D eigenvalue weighted by molar-refractivity contribution is 5.96. The van der Waals surface area contributed by atoms with Gasteiger partial charge in [0.25, 0.3) is 0 Å². The van der Waals surface area contributed by atoms with Crippen LogP contribution in [0.4, 0.5) is 18.9 Å². The number of amides is 1. The number of carbonyl (C=O) groups is 1. The van der Waals surface area contributed by atoms with Gasteiger partial charge in [-0.1, -0.05) is 0 Å². The number of nitrogens with zero attached hydrogens (tertiary/aromatic N) is 4. The summed E-state index contributed by atoms with van der Waals surface area (Å²) in [4.78, 5) is 11.6. The van der Waals surface area contributed by atoms with Crippen LogP contribution in [-0.2, 0) is 17.5 Å². The fraction of sp³-hybridized carbons (Fsp3) is 0.200. The molecular weight excluding hydrogens is 263 g/mol. The molecule has 9 heteroatoms. The number of benzene rings is 1. The van der Waals surface area contributed by atoms with Crippen molar-refractivity contribution in [3.05, 3.63) is 23.8 Å². The summed E-state index contributed by atoms with van der Waals surface area (Å²) in [7, 11) is 0. The van der Waals surface area contributed by atoms with E-state index in [-0.39, 0.29) is 18.1 Å². The number of halogens is 3. The number of tetrazole rings is 1. The summed E-state index contributed by atoms with van der Waals surface area (Å²) in [6.45, 7) is -0.141. The van der Waals surface area contributed by atoms with Gasteiger partial charge in [0.05, 0.1) is 11.3 Å². The number of hydrogen-bond donors (Lipinski definition) is 1. The van der Waals surface area contributed by atoms with Gasteiger partial charge in [-0.3, -0.25) is 4.79 Å². The van der Waals surface area contributed by atoms with Crippen molar-refractivity contribution < 1.29 is 18.0 Å². The molecule has 2 heterocycles. The van der Waals surface area contributed by atoms with E-state index in [1.807, 2.05) is 0 Å². The number of nitrogens with one attached hydrogen (secondary N) is 1. The third-order valence-corrected chi connectivity index (χ3v) is 2.69. The second-order valence-corrected chi connectivity index (χ2v) is 3.97. The molecule has 0 spiro atoms. The normalized spacial score (nSPS) is 14.4. The molecule has 1 aromatic carbocycles. The lowest BCUT2D eigenvalue weighted by Crippen LogP contribution is -2.17. The molecule has 0 saturated heterocycles. The van der Waals surface area contributed by atoms with Gasteiger partial charge in [0.2, 0.25) is 5.91 Å². The van der Waals surface area contributed by atoms with Crippen LogP contribution in [0.25, 0.3) is 11.4 Å². The standard InChI is InChI=1S/C10H6F3N5O/c11-10(12,13)5-1-2-6-7(3-5)14-8(19)4-18-9(6)15-16-17-18/h1-3H,4H2,(H,14,19). The summed E-state index contributed by atoms with van der Waals surface area (Å²) in [6.07, 6.45) is -4.47. The van der Waals surface area contributed by atoms with E-state index in [0.29, 0.717) is 5.56 Å². The lowest BCUT2D eigenvalue weighted by atomic mass is 10.1. The smallest absolute Gasteiger partial charge is 0.324 e. The minimum Gasteiger partial charge on any atom is -0.324 e. The molecule has 1 aromatic heterocycles. The molecule has 1 aliphatic rings.